The standard InChI is InChI=1S/C22H27FN4O/c1-2-24-22(26-14-17-7-5-10-20(23)13-17)25-12-6-11-21(28)27-15-18-8-3-4-9-19(18)16-27/h3-5,7-10,13H,2,6,11-12,14-16H2,1H3,(H2,24,25,26). The van der Waals surface area contributed by atoms with E-state index in [0.717, 1.165) is 18.5 Å². The molecule has 0 saturated carbocycles. The highest BCUT2D eigenvalue weighted by molar-refractivity contribution is 5.80. The molecule has 0 saturated heterocycles. The summed E-state index contributed by atoms with van der Waals surface area (Å²) in [7, 11) is 0. The molecule has 2 aromatic rings. The zero-order valence-corrected chi connectivity index (χ0v) is 16.2. The molecule has 0 fully saturated rings. The molecule has 6 heteroatoms. The first kappa shape index (κ1) is 19.9. The molecule has 2 N–H and O–H groups in total. The lowest BCUT2D eigenvalue weighted by Gasteiger charge is -2.16. The van der Waals surface area contributed by atoms with Crippen LogP contribution in [0.25, 0.3) is 0 Å². The predicted octanol–water partition coefficient (Wildman–Crippen LogP) is 3.20. The zero-order chi connectivity index (χ0) is 19.8. The van der Waals surface area contributed by atoms with E-state index in [1.54, 1.807) is 6.07 Å². The fourth-order valence-corrected chi connectivity index (χ4v) is 3.26. The number of nitrogens with one attached hydrogen (secondary N) is 2. The number of rotatable bonds is 7. The number of hydrogen-bond donors (Lipinski definition) is 2. The SMILES string of the molecule is CCNC(=NCc1cccc(F)c1)NCCCC(=O)N1Cc2ccccc2C1. The number of benzene rings is 2. The van der Waals surface area contributed by atoms with Crippen molar-refractivity contribution in [3.8, 4) is 0 Å². The van der Waals surface area contributed by atoms with Crippen molar-refractivity contribution in [3.05, 3.63) is 71.0 Å². The summed E-state index contributed by atoms with van der Waals surface area (Å²) in [5.41, 5.74) is 3.31. The number of aliphatic imine (C=N–C) groups is 1. The van der Waals surface area contributed by atoms with E-state index in [4.69, 9.17) is 0 Å². The van der Waals surface area contributed by atoms with Crippen molar-refractivity contribution in [1.82, 2.24) is 15.5 Å². The molecule has 1 aliphatic heterocycles. The van der Waals surface area contributed by atoms with Gasteiger partial charge in [0.05, 0.1) is 6.54 Å². The predicted molar refractivity (Wildman–Crippen MR) is 109 cm³/mol. The summed E-state index contributed by atoms with van der Waals surface area (Å²) in [6.45, 7) is 5.20. The summed E-state index contributed by atoms with van der Waals surface area (Å²) >= 11 is 0. The fourth-order valence-electron chi connectivity index (χ4n) is 3.26. The van der Waals surface area contributed by atoms with Crippen molar-refractivity contribution < 1.29 is 9.18 Å². The average molecular weight is 382 g/mol. The second-order valence-electron chi connectivity index (χ2n) is 6.87. The summed E-state index contributed by atoms with van der Waals surface area (Å²) in [5, 5.41) is 6.42. The maximum Gasteiger partial charge on any atom is 0.223 e. The third-order valence-electron chi connectivity index (χ3n) is 4.71. The van der Waals surface area contributed by atoms with Crippen molar-refractivity contribution in [2.75, 3.05) is 13.1 Å². The Bertz CT molecular complexity index is 812. The Kier molecular flexibility index (Phi) is 7.00. The van der Waals surface area contributed by atoms with Gasteiger partial charge in [0.2, 0.25) is 5.91 Å². The van der Waals surface area contributed by atoms with Crippen LogP contribution in [0.15, 0.2) is 53.5 Å². The molecule has 0 spiro atoms. The summed E-state index contributed by atoms with van der Waals surface area (Å²) in [4.78, 5) is 18.8. The molecule has 148 valence electrons. The highest BCUT2D eigenvalue weighted by atomic mass is 19.1. The Labute approximate surface area is 165 Å². The Morgan fingerprint density at radius 1 is 1.11 bits per heavy atom. The first-order valence-corrected chi connectivity index (χ1v) is 9.77. The number of nitrogens with zero attached hydrogens (tertiary/aromatic N) is 2. The van der Waals surface area contributed by atoms with E-state index in [2.05, 4.69) is 27.8 Å². The largest absolute Gasteiger partial charge is 0.357 e. The van der Waals surface area contributed by atoms with Gasteiger partial charge in [-0.3, -0.25) is 4.79 Å². The van der Waals surface area contributed by atoms with Crippen LogP contribution in [-0.2, 0) is 24.4 Å². The average Bonchev–Trinajstić information content (AvgIpc) is 3.13. The highest BCUT2D eigenvalue weighted by Crippen LogP contribution is 2.22. The molecule has 5 nitrogen and oxygen atoms in total. The minimum atomic E-state index is -0.256. The maximum absolute atomic E-state index is 13.3. The first-order chi connectivity index (χ1) is 13.7. The van der Waals surface area contributed by atoms with Gasteiger partial charge in [0.25, 0.3) is 0 Å². The van der Waals surface area contributed by atoms with Crippen molar-refractivity contribution in [3.63, 3.8) is 0 Å². The second kappa shape index (κ2) is 9.88. The minimum absolute atomic E-state index is 0.180. The van der Waals surface area contributed by atoms with Gasteiger partial charge >= 0.3 is 0 Å². The number of halogens is 1. The van der Waals surface area contributed by atoms with Crippen LogP contribution >= 0.6 is 0 Å². The highest BCUT2D eigenvalue weighted by Gasteiger charge is 2.22. The zero-order valence-electron chi connectivity index (χ0n) is 16.2. The minimum Gasteiger partial charge on any atom is -0.357 e. The lowest BCUT2D eigenvalue weighted by atomic mass is 10.1. The van der Waals surface area contributed by atoms with Gasteiger partial charge in [-0.1, -0.05) is 36.4 Å². The van der Waals surface area contributed by atoms with Crippen LogP contribution in [0.5, 0.6) is 0 Å². The Balaban J connectivity index is 1.42. The van der Waals surface area contributed by atoms with Crippen LogP contribution < -0.4 is 10.6 Å². The molecule has 0 bridgehead atoms. The van der Waals surface area contributed by atoms with Crippen molar-refractivity contribution >= 4 is 11.9 Å². The second-order valence-corrected chi connectivity index (χ2v) is 6.87. The third kappa shape index (κ3) is 5.55. The lowest BCUT2D eigenvalue weighted by Crippen LogP contribution is -2.38. The summed E-state index contributed by atoms with van der Waals surface area (Å²) in [6, 6.07) is 14.6. The molecule has 28 heavy (non-hydrogen) atoms. The summed E-state index contributed by atoms with van der Waals surface area (Å²) < 4.78 is 13.3. The smallest absolute Gasteiger partial charge is 0.223 e. The van der Waals surface area contributed by atoms with Crippen LogP contribution in [0.2, 0.25) is 0 Å². The first-order valence-electron chi connectivity index (χ1n) is 9.77. The third-order valence-corrected chi connectivity index (χ3v) is 4.71. The van der Waals surface area contributed by atoms with E-state index in [1.165, 1.54) is 23.3 Å². The molecule has 0 aliphatic carbocycles. The molecule has 0 aromatic heterocycles. The van der Waals surface area contributed by atoms with Gasteiger partial charge in [0.15, 0.2) is 5.96 Å². The fraction of sp³-hybridized carbons (Fsp3) is 0.364. The van der Waals surface area contributed by atoms with Crippen LogP contribution in [0.4, 0.5) is 4.39 Å². The molecule has 0 unspecified atom stereocenters. The van der Waals surface area contributed by atoms with E-state index in [9.17, 15) is 9.18 Å². The van der Waals surface area contributed by atoms with Gasteiger partial charge in [0.1, 0.15) is 5.82 Å². The summed E-state index contributed by atoms with van der Waals surface area (Å²) in [6.07, 6.45) is 1.24. The molecule has 3 rings (SSSR count). The molecule has 0 atom stereocenters. The van der Waals surface area contributed by atoms with E-state index in [0.29, 0.717) is 38.6 Å². The number of hydrogen-bond acceptors (Lipinski definition) is 2. The number of fused-ring (bicyclic) bond motifs is 1. The molecular weight excluding hydrogens is 355 g/mol. The van der Waals surface area contributed by atoms with Crippen molar-refractivity contribution in [1.29, 1.82) is 0 Å². The van der Waals surface area contributed by atoms with Crippen molar-refractivity contribution in [2.45, 2.75) is 39.4 Å². The van der Waals surface area contributed by atoms with E-state index in [-0.39, 0.29) is 11.7 Å². The number of carbonyl (C=O) groups is 1. The van der Waals surface area contributed by atoms with Crippen LogP contribution in [0.1, 0.15) is 36.5 Å². The van der Waals surface area contributed by atoms with Crippen LogP contribution in [0, 0.1) is 5.82 Å². The summed E-state index contributed by atoms with van der Waals surface area (Å²) in [5.74, 6) is 0.598. The molecule has 1 amide bonds. The molecule has 0 radical (unpaired) electrons. The van der Waals surface area contributed by atoms with Gasteiger partial charge in [-0.2, -0.15) is 0 Å². The monoisotopic (exact) mass is 382 g/mol. The number of carbonyl (C=O) groups excluding carboxylic acids is 1. The molecule has 1 heterocycles. The van der Waals surface area contributed by atoms with E-state index >= 15 is 0 Å². The Morgan fingerprint density at radius 3 is 2.54 bits per heavy atom. The number of amides is 1. The number of guanidine groups is 1. The van der Waals surface area contributed by atoms with E-state index < -0.39 is 0 Å². The molecule has 2 aromatic carbocycles. The van der Waals surface area contributed by atoms with E-state index in [1.807, 2.05) is 30.0 Å². The quantitative estimate of drug-likeness (QED) is 0.439. The Hall–Kier alpha value is -2.89. The van der Waals surface area contributed by atoms with Crippen molar-refractivity contribution in [2.24, 2.45) is 4.99 Å². The van der Waals surface area contributed by atoms with Gasteiger partial charge in [-0.15, -0.1) is 0 Å². The van der Waals surface area contributed by atoms with Gasteiger partial charge in [-0.05, 0) is 42.2 Å². The van der Waals surface area contributed by atoms with Crippen LogP contribution in [0.3, 0.4) is 0 Å². The van der Waals surface area contributed by atoms with Gasteiger partial charge in [-0.25, -0.2) is 9.38 Å². The van der Waals surface area contributed by atoms with Gasteiger partial charge in [0, 0.05) is 32.6 Å². The molecule has 1 aliphatic rings. The lowest BCUT2D eigenvalue weighted by molar-refractivity contribution is -0.131. The normalized spacial score (nSPS) is 13.4. The van der Waals surface area contributed by atoms with Gasteiger partial charge < -0.3 is 15.5 Å². The van der Waals surface area contributed by atoms with Crippen LogP contribution in [-0.4, -0.2) is 29.9 Å². The molecular formula is C22H27FN4O. The Morgan fingerprint density at radius 2 is 1.86 bits per heavy atom. The topological polar surface area (TPSA) is 56.7 Å². The maximum atomic E-state index is 13.3.